The van der Waals surface area contributed by atoms with Crippen LogP contribution in [-0.4, -0.2) is 10.3 Å². The Morgan fingerprint density at radius 3 is 2.38 bits per heavy atom. The van der Waals surface area contributed by atoms with Crippen LogP contribution in [0.3, 0.4) is 0 Å². The summed E-state index contributed by atoms with van der Waals surface area (Å²) in [6.07, 6.45) is 0. The van der Waals surface area contributed by atoms with Crippen molar-refractivity contribution >= 4 is 0 Å². The van der Waals surface area contributed by atoms with E-state index < -0.39 is 29.7 Å². The summed E-state index contributed by atoms with van der Waals surface area (Å²) in [4.78, 5) is 0. The maximum atomic E-state index is 12.8. The van der Waals surface area contributed by atoms with E-state index in [9.17, 15) is 13.2 Å². The number of hydrogen-bond acceptors (Lipinski definition) is 3. The Labute approximate surface area is 71.4 Å². The van der Waals surface area contributed by atoms with E-state index >= 15 is 0 Å². The molecule has 6 heteroatoms. The molecule has 0 heterocycles. The predicted octanol–water partition coefficient (Wildman–Crippen LogP) is 1.29. The van der Waals surface area contributed by atoms with Gasteiger partial charge in [0.15, 0.2) is 17.4 Å². The Bertz CT molecular complexity index is 330. The summed E-state index contributed by atoms with van der Waals surface area (Å²) in [5, 5.41) is 16.9. The lowest BCUT2D eigenvalue weighted by atomic mass is 10.2. The van der Waals surface area contributed by atoms with Gasteiger partial charge in [-0.1, -0.05) is 0 Å². The summed E-state index contributed by atoms with van der Waals surface area (Å²) >= 11 is 0. The van der Waals surface area contributed by atoms with Gasteiger partial charge in [0.25, 0.3) is 0 Å². The molecular weight excluding hydrogens is 187 g/mol. The van der Waals surface area contributed by atoms with Gasteiger partial charge >= 0.3 is 0 Å². The van der Waals surface area contributed by atoms with E-state index in [2.05, 4.69) is 0 Å². The molecule has 0 spiro atoms. The number of phenols is 1. The third kappa shape index (κ3) is 1.73. The normalized spacial score (nSPS) is 10.5. The Balaban J connectivity index is 3.24. The van der Waals surface area contributed by atoms with E-state index in [-0.39, 0.29) is 5.56 Å². The number of nitrogens with one attached hydrogen (secondary N) is 1. The number of hydrogen-bond donors (Lipinski definition) is 3. The molecule has 0 aliphatic carbocycles. The van der Waals surface area contributed by atoms with E-state index in [4.69, 9.17) is 10.3 Å². The van der Waals surface area contributed by atoms with E-state index in [0.717, 1.165) is 0 Å². The molecule has 0 saturated carbocycles. The van der Waals surface area contributed by atoms with E-state index in [1.807, 2.05) is 0 Å². The Morgan fingerprint density at radius 1 is 1.23 bits per heavy atom. The Hall–Kier alpha value is -1.27. The average molecular weight is 193 g/mol. The molecule has 0 aliphatic heterocycles. The monoisotopic (exact) mass is 193 g/mol. The maximum absolute atomic E-state index is 12.8. The largest absolute Gasteiger partial charge is 0.503 e. The highest BCUT2D eigenvalue weighted by atomic mass is 19.2. The van der Waals surface area contributed by atoms with Gasteiger partial charge in [-0.05, 0) is 6.07 Å². The van der Waals surface area contributed by atoms with Crippen LogP contribution < -0.4 is 5.48 Å². The SMILES string of the molecule is ONCc1cc(F)c(F)c(O)c1F. The Kier molecular flexibility index (Phi) is 2.74. The van der Waals surface area contributed by atoms with E-state index in [0.29, 0.717) is 6.07 Å². The van der Waals surface area contributed by atoms with Crippen molar-refractivity contribution in [3.63, 3.8) is 0 Å². The van der Waals surface area contributed by atoms with Crippen molar-refractivity contribution in [2.45, 2.75) is 6.54 Å². The first kappa shape index (κ1) is 9.82. The molecule has 1 aromatic rings. The van der Waals surface area contributed by atoms with Crippen LogP contribution >= 0.6 is 0 Å². The lowest BCUT2D eigenvalue weighted by Gasteiger charge is -2.04. The molecule has 0 aromatic heterocycles. The molecular formula is C7H6F3NO2. The van der Waals surface area contributed by atoms with Gasteiger partial charge in [0.05, 0.1) is 0 Å². The smallest absolute Gasteiger partial charge is 0.203 e. The number of phenolic OH excluding ortho intramolecular Hbond substituents is 1. The van der Waals surface area contributed by atoms with Gasteiger partial charge in [-0.2, -0.15) is 4.39 Å². The molecule has 0 fully saturated rings. The molecule has 0 bridgehead atoms. The molecule has 72 valence electrons. The molecule has 0 amide bonds. The summed E-state index contributed by atoms with van der Waals surface area (Å²) in [6.45, 7) is -0.420. The van der Waals surface area contributed by atoms with Gasteiger partial charge < -0.3 is 10.3 Å². The van der Waals surface area contributed by atoms with Crippen LogP contribution in [0.5, 0.6) is 5.75 Å². The third-order valence-electron chi connectivity index (χ3n) is 1.48. The van der Waals surface area contributed by atoms with Gasteiger partial charge in [0.1, 0.15) is 0 Å². The highest BCUT2D eigenvalue weighted by Gasteiger charge is 2.17. The highest BCUT2D eigenvalue weighted by Crippen LogP contribution is 2.25. The zero-order chi connectivity index (χ0) is 10.0. The van der Waals surface area contributed by atoms with Crippen LogP contribution in [0, 0.1) is 17.5 Å². The minimum Gasteiger partial charge on any atom is -0.503 e. The molecule has 1 rings (SSSR count). The number of rotatable bonds is 2. The Morgan fingerprint density at radius 2 is 1.85 bits per heavy atom. The van der Waals surface area contributed by atoms with Crippen LogP contribution in [0.2, 0.25) is 0 Å². The topological polar surface area (TPSA) is 52.5 Å². The summed E-state index contributed by atoms with van der Waals surface area (Å²) < 4.78 is 37.8. The van der Waals surface area contributed by atoms with Crippen LogP contribution in [0.1, 0.15) is 5.56 Å². The molecule has 0 radical (unpaired) electrons. The fraction of sp³-hybridized carbons (Fsp3) is 0.143. The maximum Gasteiger partial charge on any atom is 0.203 e. The second-order valence-electron chi connectivity index (χ2n) is 2.33. The highest BCUT2D eigenvalue weighted by molar-refractivity contribution is 5.32. The minimum absolute atomic E-state index is 0.362. The van der Waals surface area contributed by atoms with Crippen molar-refractivity contribution in [3.05, 3.63) is 29.1 Å². The van der Waals surface area contributed by atoms with E-state index in [1.54, 1.807) is 5.48 Å². The molecule has 0 atom stereocenters. The standard InChI is InChI=1S/C7H6F3NO2/c8-4-1-3(2-11-13)5(9)7(12)6(4)10/h1,11-13H,2H2. The fourth-order valence-electron chi connectivity index (χ4n) is 0.855. The zero-order valence-corrected chi connectivity index (χ0v) is 6.31. The second kappa shape index (κ2) is 3.63. The quantitative estimate of drug-likeness (QED) is 0.490. The summed E-state index contributed by atoms with van der Waals surface area (Å²) in [6, 6.07) is 0.549. The van der Waals surface area contributed by atoms with Gasteiger partial charge in [-0.15, -0.1) is 0 Å². The van der Waals surface area contributed by atoms with Crippen molar-refractivity contribution in [3.8, 4) is 5.75 Å². The second-order valence-corrected chi connectivity index (χ2v) is 2.33. The van der Waals surface area contributed by atoms with Crippen molar-refractivity contribution in [2.75, 3.05) is 0 Å². The van der Waals surface area contributed by atoms with Crippen molar-refractivity contribution < 1.29 is 23.5 Å². The van der Waals surface area contributed by atoms with Crippen LogP contribution in [0.4, 0.5) is 13.2 Å². The average Bonchev–Trinajstić information content (AvgIpc) is 2.11. The van der Waals surface area contributed by atoms with Crippen LogP contribution in [0.15, 0.2) is 6.07 Å². The molecule has 1 aromatic carbocycles. The van der Waals surface area contributed by atoms with Crippen molar-refractivity contribution in [1.82, 2.24) is 5.48 Å². The van der Waals surface area contributed by atoms with Gasteiger partial charge in [0, 0.05) is 12.1 Å². The van der Waals surface area contributed by atoms with Gasteiger partial charge in [-0.25, -0.2) is 14.3 Å². The van der Waals surface area contributed by atoms with Gasteiger partial charge in [0.2, 0.25) is 5.82 Å². The number of benzene rings is 1. The first-order valence-corrected chi connectivity index (χ1v) is 3.30. The molecule has 3 nitrogen and oxygen atoms in total. The number of hydroxylamine groups is 1. The summed E-state index contributed by atoms with van der Waals surface area (Å²) in [7, 11) is 0. The number of halogens is 3. The molecule has 3 N–H and O–H groups in total. The summed E-state index contributed by atoms with van der Waals surface area (Å²) in [5.41, 5.74) is 1.20. The fourth-order valence-corrected chi connectivity index (χ4v) is 0.855. The van der Waals surface area contributed by atoms with Crippen molar-refractivity contribution in [1.29, 1.82) is 0 Å². The summed E-state index contributed by atoms with van der Waals surface area (Å²) in [5.74, 6) is -5.69. The lowest BCUT2D eigenvalue weighted by molar-refractivity contribution is 0.159. The molecule has 0 aliphatic rings. The van der Waals surface area contributed by atoms with Crippen LogP contribution in [0.25, 0.3) is 0 Å². The molecule has 13 heavy (non-hydrogen) atoms. The van der Waals surface area contributed by atoms with Crippen LogP contribution in [-0.2, 0) is 6.54 Å². The molecule has 0 unspecified atom stereocenters. The minimum atomic E-state index is -1.64. The lowest BCUT2D eigenvalue weighted by Crippen LogP contribution is -2.09. The predicted molar refractivity (Wildman–Crippen MR) is 36.6 cm³/mol. The first-order valence-electron chi connectivity index (χ1n) is 3.30. The third-order valence-corrected chi connectivity index (χ3v) is 1.48. The zero-order valence-electron chi connectivity index (χ0n) is 6.31. The van der Waals surface area contributed by atoms with Crippen molar-refractivity contribution in [2.24, 2.45) is 0 Å². The number of aromatic hydroxyl groups is 1. The van der Waals surface area contributed by atoms with Gasteiger partial charge in [-0.3, -0.25) is 0 Å². The van der Waals surface area contributed by atoms with E-state index in [1.165, 1.54) is 0 Å². The first-order chi connectivity index (χ1) is 6.07. The molecule has 0 saturated heterocycles.